The minimum absolute atomic E-state index is 0.0257. The van der Waals surface area contributed by atoms with Crippen LogP contribution >= 0.6 is 0 Å². The average Bonchev–Trinajstić information content (AvgIpc) is 2.73. The number of carbonyl (C=O) groups excluding carboxylic acids is 2. The van der Waals surface area contributed by atoms with Gasteiger partial charge in [0.1, 0.15) is 18.2 Å². The van der Waals surface area contributed by atoms with Gasteiger partial charge in [0.2, 0.25) is 0 Å². The van der Waals surface area contributed by atoms with Crippen molar-refractivity contribution in [2.75, 3.05) is 32.8 Å². The number of urea groups is 1. The fourth-order valence-electron chi connectivity index (χ4n) is 4.86. The van der Waals surface area contributed by atoms with E-state index in [-0.39, 0.29) is 36.4 Å². The van der Waals surface area contributed by atoms with E-state index >= 15 is 0 Å². The van der Waals surface area contributed by atoms with Crippen molar-refractivity contribution in [3.05, 3.63) is 59.7 Å². The molecule has 7 heteroatoms. The van der Waals surface area contributed by atoms with Crippen LogP contribution in [-0.2, 0) is 9.53 Å². The zero-order valence-electron chi connectivity index (χ0n) is 17.1. The molecule has 3 heterocycles. The Morgan fingerprint density at radius 2 is 1.77 bits per heavy atom. The Hall–Kier alpha value is -2.80. The number of nitrogens with zero attached hydrogens (tertiary/aromatic N) is 2. The second-order valence-corrected chi connectivity index (χ2v) is 8.72. The van der Waals surface area contributed by atoms with E-state index in [1.54, 1.807) is 0 Å². The molecule has 3 aliphatic heterocycles. The summed E-state index contributed by atoms with van der Waals surface area (Å²) in [6.07, 6.45) is 1.37. The van der Waals surface area contributed by atoms with Gasteiger partial charge in [-0.3, -0.25) is 4.79 Å². The molecule has 3 aliphatic rings. The third kappa shape index (κ3) is 3.94. The number of halogens is 2. The molecule has 0 radical (unpaired) electrons. The number of piperidine rings is 1. The molecule has 2 amide bonds. The van der Waals surface area contributed by atoms with E-state index in [4.69, 9.17) is 4.74 Å². The van der Waals surface area contributed by atoms with Crippen molar-refractivity contribution in [1.29, 1.82) is 0 Å². The second-order valence-electron chi connectivity index (χ2n) is 8.72. The lowest BCUT2D eigenvalue weighted by atomic mass is 9.87. The van der Waals surface area contributed by atoms with Crippen molar-refractivity contribution in [3.8, 4) is 11.1 Å². The van der Waals surface area contributed by atoms with Gasteiger partial charge in [-0.05, 0) is 29.7 Å². The second kappa shape index (κ2) is 8.04. The molecule has 0 bridgehead atoms. The summed E-state index contributed by atoms with van der Waals surface area (Å²) >= 11 is 0. The highest BCUT2D eigenvalue weighted by Gasteiger charge is 2.40. The number of ether oxygens (including phenoxy) is 1. The van der Waals surface area contributed by atoms with Gasteiger partial charge >= 0.3 is 6.03 Å². The summed E-state index contributed by atoms with van der Waals surface area (Å²) in [5.74, 6) is -0.710. The first-order chi connectivity index (χ1) is 15.0. The van der Waals surface area contributed by atoms with Gasteiger partial charge in [0.25, 0.3) is 0 Å². The van der Waals surface area contributed by atoms with Crippen LogP contribution in [0.5, 0.6) is 0 Å². The van der Waals surface area contributed by atoms with E-state index in [9.17, 15) is 18.4 Å². The third-order valence-electron chi connectivity index (χ3n) is 6.66. The van der Waals surface area contributed by atoms with Crippen molar-refractivity contribution >= 4 is 11.8 Å². The number of rotatable bonds is 2. The lowest BCUT2D eigenvalue weighted by Crippen LogP contribution is -2.58. The molecule has 31 heavy (non-hydrogen) atoms. The van der Waals surface area contributed by atoms with E-state index in [0.29, 0.717) is 43.7 Å². The van der Waals surface area contributed by atoms with Gasteiger partial charge in [-0.15, -0.1) is 0 Å². The molecule has 0 aromatic heterocycles. The van der Waals surface area contributed by atoms with Crippen LogP contribution in [0.25, 0.3) is 11.1 Å². The molecule has 0 N–H and O–H groups in total. The Labute approximate surface area is 179 Å². The molecule has 5 rings (SSSR count). The molecular weight excluding hydrogens is 402 g/mol. The lowest BCUT2D eigenvalue weighted by molar-refractivity contribution is -0.140. The summed E-state index contributed by atoms with van der Waals surface area (Å²) in [5, 5.41) is 0. The molecule has 2 aromatic carbocycles. The fourth-order valence-corrected chi connectivity index (χ4v) is 4.86. The summed E-state index contributed by atoms with van der Waals surface area (Å²) in [6.45, 7) is 2.73. The largest absolute Gasteiger partial charge is 0.370 e. The highest BCUT2D eigenvalue weighted by atomic mass is 19.1. The minimum atomic E-state index is -0.594. The van der Waals surface area contributed by atoms with Crippen molar-refractivity contribution in [2.24, 2.45) is 5.92 Å². The Morgan fingerprint density at radius 1 is 1.00 bits per heavy atom. The Bertz CT molecular complexity index is 1000. The Kier molecular flexibility index (Phi) is 5.22. The number of fused-ring (bicyclic) bond motifs is 1. The van der Waals surface area contributed by atoms with Crippen LogP contribution in [0.4, 0.5) is 13.6 Å². The fraction of sp³-hybridized carbons (Fsp3) is 0.417. The Morgan fingerprint density at radius 3 is 2.52 bits per heavy atom. The van der Waals surface area contributed by atoms with Crippen molar-refractivity contribution in [1.82, 2.24) is 9.80 Å². The van der Waals surface area contributed by atoms with E-state index in [1.165, 1.54) is 12.1 Å². The van der Waals surface area contributed by atoms with Crippen LogP contribution in [-0.4, -0.2) is 60.5 Å². The van der Waals surface area contributed by atoms with E-state index in [0.717, 1.165) is 18.1 Å². The molecule has 3 saturated heterocycles. The number of amides is 2. The van der Waals surface area contributed by atoms with E-state index < -0.39 is 11.6 Å². The van der Waals surface area contributed by atoms with Gasteiger partial charge in [0, 0.05) is 56.1 Å². The molecule has 2 aromatic rings. The van der Waals surface area contributed by atoms with Gasteiger partial charge in [-0.1, -0.05) is 24.3 Å². The van der Waals surface area contributed by atoms with Crippen LogP contribution < -0.4 is 0 Å². The molecule has 0 saturated carbocycles. The predicted octanol–water partition coefficient (Wildman–Crippen LogP) is 3.83. The number of carbonyl (C=O) groups is 2. The molecule has 0 unspecified atom stereocenters. The normalized spacial score (nSPS) is 24.0. The number of Topliss-reactive ketones (excluding diaryl/α,β-unsaturated/α-hetero) is 1. The predicted molar refractivity (Wildman–Crippen MR) is 111 cm³/mol. The smallest absolute Gasteiger partial charge is 0.320 e. The highest BCUT2D eigenvalue weighted by molar-refractivity contribution is 5.81. The summed E-state index contributed by atoms with van der Waals surface area (Å²) in [4.78, 5) is 28.2. The lowest BCUT2D eigenvalue weighted by Gasteiger charge is -2.46. The van der Waals surface area contributed by atoms with Crippen molar-refractivity contribution < 1.29 is 23.1 Å². The molecule has 0 spiro atoms. The first kappa shape index (κ1) is 20.1. The molecule has 3 fully saturated rings. The van der Waals surface area contributed by atoms with Crippen molar-refractivity contribution in [2.45, 2.75) is 24.9 Å². The summed E-state index contributed by atoms with van der Waals surface area (Å²) in [5.41, 5.74) is 2.16. The van der Waals surface area contributed by atoms with Crippen molar-refractivity contribution in [3.63, 3.8) is 0 Å². The summed E-state index contributed by atoms with van der Waals surface area (Å²) in [6, 6.07) is 11.2. The van der Waals surface area contributed by atoms with Gasteiger partial charge in [0.15, 0.2) is 5.78 Å². The molecule has 2 atom stereocenters. The zero-order chi connectivity index (χ0) is 21.5. The van der Waals surface area contributed by atoms with Crippen LogP contribution in [0.15, 0.2) is 42.5 Å². The molecule has 0 aliphatic carbocycles. The van der Waals surface area contributed by atoms with Gasteiger partial charge in [-0.2, -0.15) is 0 Å². The van der Waals surface area contributed by atoms with Crippen LogP contribution in [0.2, 0.25) is 0 Å². The van der Waals surface area contributed by atoms with E-state index in [2.05, 4.69) is 0 Å². The maximum Gasteiger partial charge on any atom is 0.320 e. The highest BCUT2D eigenvalue weighted by Crippen LogP contribution is 2.33. The number of benzene rings is 2. The minimum Gasteiger partial charge on any atom is -0.370 e. The van der Waals surface area contributed by atoms with Crippen LogP contribution in [0.1, 0.15) is 24.3 Å². The number of ketones is 1. The van der Waals surface area contributed by atoms with E-state index in [1.807, 2.05) is 34.1 Å². The average molecular weight is 426 g/mol. The monoisotopic (exact) mass is 426 g/mol. The molecule has 5 nitrogen and oxygen atoms in total. The SMILES string of the molecule is O=C1CO[C@@H]2CCN(C(=O)N3CC(c4ccc(-c5ccc(F)cc5F)cc4)C3)C[C@H]2C1. The number of hydrogen-bond donors (Lipinski definition) is 0. The topological polar surface area (TPSA) is 49.9 Å². The summed E-state index contributed by atoms with van der Waals surface area (Å²) in [7, 11) is 0. The van der Waals surface area contributed by atoms with Gasteiger partial charge < -0.3 is 14.5 Å². The van der Waals surface area contributed by atoms with Crippen LogP contribution in [0, 0.1) is 17.6 Å². The first-order valence-corrected chi connectivity index (χ1v) is 10.7. The third-order valence-corrected chi connectivity index (χ3v) is 6.66. The number of hydrogen-bond acceptors (Lipinski definition) is 3. The molecular formula is C24H24F2N2O3. The Balaban J connectivity index is 1.18. The zero-order valence-corrected chi connectivity index (χ0v) is 17.1. The van der Waals surface area contributed by atoms with Crippen LogP contribution in [0.3, 0.4) is 0 Å². The standard InChI is InChI=1S/C24H24F2N2O3/c25-19-5-6-21(22(26)10-19)16-3-1-15(2-4-16)18-12-28(13-18)24(30)27-8-7-23-17(11-27)9-20(29)14-31-23/h1-6,10,17-18,23H,7-9,11-14H2/t17-,23-/m1/s1. The molecule has 162 valence electrons. The maximum atomic E-state index is 14.0. The number of likely N-dealkylation sites (tertiary alicyclic amines) is 2. The summed E-state index contributed by atoms with van der Waals surface area (Å²) < 4.78 is 32.7. The quantitative estimate of drug-likeness (QED) is 0.734. The first-order valence-electron chi connectivity index (χ1n) is 10.7. The van der Waals surface area contributed by atoms with Gasteiger partial charge in [0.05, 0.1) is 6.10 Å². The maximum absolute atomic E-state index is 14.0. The van der Waals surface area contributed by atoms with Gasteiger partial charge in [-0.25, -0.2) is 13.6 Å².